The highest BCUT2D eigenvalue weighted by molar-refractivity contribution is 5.44. The van der Waals surface area contributed by atoms with Crippen molar-refractivity contribution in [3.8, 4) is 11.5 Å². The fraction of sp³-hybridized carbons (Fsp3) is 0.455. The van der Waals surface area contributed by atoms with Gasteiger partial charge in [0, 0.05) is 13.0 Å². The summed E-state index contributed by atoms with van der Waals surface area (Å²) in [4.78, 5) is 0. The van der Waals surface area contributed by atoms with Gasteiger partial charge in [-0.1, -0.05) is 6.07 Å². The minimum atomic E-state index is -0.867. The van der Waals surface area contributed by atoms with Gasteiger partial charge in [-0.2, -0.15) is 0 Å². The zero-order valence-corrected chi connectivity index (χ0v) is 8.69. The Hall–Kier alpha value is -1.26. The molecule has 82 valence electrons. The lowest BCUT2D eigenvalue weighted by molar-refractivity contribution is 0.0696. The Kier molecular flexibility index (Phi) is 2.54. The molecule has 2 rings (SSSR count). The van der Waals surface area contributed by atoms with Gasteiger partial charge in [0.1, 0.15) is 0 Å². The van der Waals surface area contributed by atoms with E-state index >= 15 is 0 Å². The summed E-state index contributed by atoms with van der Waals surface area (Å²) < 4.78 is 10.5. The van der Waals surface area contributed by atoms with Crippen molar-refractivity contribution in [3.63, 3.8) is 0 Å². The molecule has 0 saturated heterocycles. The molecule has 0 radical (unpaired) electrons. The third-order valence-electron chi connectivity index (χ3n) is 2.46. The summed E-state index contributed by atoms with van der Waals surface area (Å²) >= 11 is 0. The van der Waals surface area contributed by atoms with Gasteiger partial charge in [-0.3, -0.25) is 0 Å². The molecule has 4 nitrogen and oxygen atoms in total. The van der Waals surface area contributed by atoms with Crippen LogP contribution in [-0.4, -0.2) is 24.0 Å². The van der Waals surface area contributed by atoms with Crippen molar-refractivity contribution in [2.24, 2.45) is 5.73 Å². The van der Waals surface area contributed by atoms with E-state index < -0.39 is 5.60 Å². The molecule has 1 aromatic rings. The molecule has 15 heavy (non-hydrogen) atoms. The fourth-order valence-corrected chi connectivity index (χ4v) is 1.56. The van der Waals surface area contributed by atoms with Crippen LogP contribution in [0.4, 0.5) is 0 Å². The molecule has 0 aromatic heterocycles. The highest BCUT2D eigenvalue weighted by atomic mass is 16.7. The van der Waals surface area contributed by atoms with E-state index in [1.54, 1.807) is 6.92 Å². The average Bonchev–Trinajstić information content (AvgIpc) is 2.64. The van der Waals surface area contributed by atoms with E-state index in [1.807, 2.05) is 18.2 Å². The lowest BCUT2D eigenvalue weighted by atomic mass is 9.96. The Morgan fingerprint density at radius 2 is 2.13 bits per heavy atom. The first-order chi connectivity index (χ1) is 7.11. The maximum Gasteiger partial charge on any atom is 0.231 e. The summed E-state index contributed by atoms with van der Waals surface area (Å²) in [7, 11) is 0. The van der Waals surface area contributed by atoms with Crippen LogP contribution in [0.1, 0.15) is 12.5 Å². The van der Waals surface area contributed by atoms with Crippen molar-refractivity contribution in [1.29, 1.82) is 0 Å². The zero-order chi connectivity index (χ0) is 10.9. The maximum atomic E-state index is 9.83. The first-order valence-corrected chi connectivity index (χ1v) is 4.92. The quantitative estimate of drug-likeness (QED) is 0.767. The molecule has 0 aliphatic carbocycles. The van der Waals surface area contributed by atoms with Crippen molar-refractivity contribution >= 4 is 0 Å². The summed E-state index contributed by atoms with van der Waals surface area (Å²) in [6.45, 7) is 2.23. The molecule has 0 bridgehead atoms. The van der Waals surface area contributed by atoms with Crippen LogP contribution in [0.25, 0.3) is 0 Å². The standard InChI is InChI=1S/C11H15NO3/c1-11(13,6-12)5-8-2-3-9-10(4-8)15-7-14-9/h2-4,13H,5-7,12H2,1H3. The van der Waals surface area contributed by atoms with E-state index in [0.717, 1.165) is 17.1 Å². The summed E-state index contributed by atoms with van der Waals surface area (Å²) in [6.07, 6.45) is 0.514. The Balaban J connectivity index is 2.17. The first kappa shape index (κ1) is 10.3. The van der Waals surface area contributed by atoms with Crippen LogP contribution in [0.5, 0.6) is 11.5 Å². The minimum Gasteiger partial charge on any atom is -0.454 e. The topological polar surface area (TPSA) is 64.7 Å². The van der Waals surface area contributed by atoms with E-state index in [9.17, 15) is 5.11 Å². The third-order valence-corrected chi connectivity index (χ3v) is 2.46. The lowest BCUT2D eigenvalue weighted by Crippen LogP contribution is -2.36. The van der Waals surface area contributed by atoms with Crippen LogP contribution >= 0.6 is 0 Å². The molecule has 1 unspecified atom stereocenters. The Morgan fingerprint density at radius 3 is 2.87 bits per heavy atom. The second-order valence-electron chi connectivity index (χ2n) is 4.07. The number of ether oxygens (including phenoxy) is 2. The van der Waals surface area contributed by atoms with E-state index in [4.69, 9.17) is 15.2 Å². The molecule has 3 N–H and O–H groups in total. The molecular formula is C11H15NO3. The number of benzene rings is 1. The lowest BCUT2D eigenvalue weighted by Gasteiger charge is -2.20. The zero-order valence-electron chi connectivity index (χ0n) is 8.69. The van der Waals surface area contributed by atoms with E-state index in [2.05, 4.69) is 0 Å². The van der Waals surface area contributed by atoms with Crippen LogP contribution in [0.15, 0.2) is 18.2 Å². The Morgan fingerprint density at radius 1 is 1.40 bits per heavy atom. The number of rotatable bonds is 3. The van der Waals surface area contributed by atoms with Crippen molar-refractivity contribution in [2.45, 2.75) is 18.9 Å². The third kappa shape index (κ3) is 2.22. The smallest absolute Gasteiger partial charge is 0.231 e. The molecule has 1 atom stereocenters. The van der Waals surface area contributed by atoms with E-state index in [1.165, 1.54) is 0 Å². The molecule has 0 spiro atoms. The molecule has 1 aliphatic rings. The van der Waals surface area contributed by atoms with Crippen LogP contribution < -0.4 is 15.2 Å². The largest absolute Gasteiger partial charge is 0.454 e. The van der Waals surface area contributed by atoms with Gasteiger partial charge in [-0.15, -0.1) is 0 Å². The van der Waals surface area contributed by atoms with Crippen LogP contribution in [0.3, 0.4) is 0 Å². The van der Waals surface area contributed by atoms with Crippen LogP contribution in [0, 0.1) is 0 Å². The van der Waals surface area contributed by atoms with Gasteiger partial charge in [-0.05, 0) is 24.6 Å². The SMILES string of the molecule is CC(O)(CN)Cc1ccc2c(c1)OCO2. The monoisotopic (exact) mass is 209 g/mol. The maximum absolute atomic E-state index is 9.83. The second-order valence-corrected chi connectivity index (χ2v) is 4.07. The molecule has 1 heterocycles. The van der Waals surface area contributed by atoms with Crippen molar-refractivity contribution in [2.75, 3.05) is 13.3 Å². The van der Waals surface area contributed by atoms with Gasteiger partial charge in [-0.25, -0.2) is 0 Å². The molecule has 0 amide bonds. The predicted octanol–water partition coefficient (Wildman–Crippen LogP) is 0.667. The minimum absolute atomic E-state index is 0.238. The molecule has 0 saturated carbocycles. The summed E-state index contributed by atoms with van der Waals surface area (Å²) in [5, 5.41) is 9.83. The Labute approximate surface area is 88.6 Å². The van der Waals surface area contributed by atoms with Gasteiger partial charge < -0.3 is 20.3 Å². The first-order valence-electron chi connectivity index (χ1n) is 4.92. The molecule has 1 aliphatic heterocycles. The van der Waals surface area contributed by atoms with Crippen molar-refractivity contribution in [1.82, 2.24) is 0 Å². The average molecular weight is 209 g/mol. The van der Waals surface area contributed by atoms with Gasteiger partial charge in [0.05, 0.1) is 5.60 Å². The van der Waals surface area contributed by atoms with Gasteiger partial charge in [0.25, 0.3) is 0 Å². The molecular weight excluding hydrogens is 194 g/mol. The van der Waals surface area contributed by atoms with Crippen molar-refractivity contribution < 1.29 is 14.6 Å². The summed E-state index contributed by atoms with van der Waals surface area (Å²) in [5.41, 5.74) is 5.59. The Bertz CT molecular complexity index is 363. The second kappa shape index (κ2) is 3.72. The number of nitrogens with two attached hydrogens (primary N) is 1. The molecule has 1 aromatic carbocycles. The highest BCUT2D eigenvalue weighted by Gasteiger charge is 2.20. The number of aliphatic hydroxyl groups is 1. The van der Waals surface area contributed by atoms with Crippen LogP contribution in [0.2, 0.25) is 0 Å². The van der Waals surface area contributed by atoms with Gasteiger partial charge in [0.2, 0.25) is 6.79 Å². The molecule has 0 fully saturated rings. The summed E-state index contributed by atoms with van der Waals surface area (Å²) in [6, 6.07) is 5.65. The van der Waals surface area contributed by atoms with Gasteiger partial charge in [0.15, 0.2) is 11.5 Å². The number of hydrogen-bond acceptors (Lipinski definition) is 4. The predicted molar refractivity (Wildman–Crippen MR) is 55.9 cm³/mol. The number of hydrogen-bond donors (Lipinski definition) is 2. The fourth-order valence-electron chi connectivity index (χ4n) is 1.56. The molecule has 4 heteroatoms. The highest BCUT2D eigenvalue weighted by Crippen LogP contribution is 2.33. The van der Waals surface area contributed by atoms with E-state index in [0.29, 0.717) is 6.42 Å². The number of fused-ring (bicyclic) bond motifs is 1. The van der Waals surface area contributed by atoms with Crippen molar-refractivity contribution in [3.05, 3.63) is 23.8 Å². The van der Waals surface area contributed by atoms with Crippen LogP contribution in [-0.2, 0) is 6.42 Å². The van der Waals surface area contributed by atoms with E-state index in [-0.39, 0.29) is 13.3 Å². The van der Waals surface area contributed by atoms with Gasteiger partial charge >= 0.3 is 0 Å². The normalized spacial score (nSPS) is 17.5. The summed E-state index contributed by atoms with van der Waals surface area (Å²) in [5.74, 6) is 1.49.